The second-order valence-corrected chi connectivity index (χ2v) is 6.81. The largest absolute Gasteiger partial charge is 0.446 e. The minimum atomic E-state index is -4.24. The van der Waals surface area contributed by atoms with E-state index in [1.807, 2.05) is 25.1 Å². The van der Waals surface area contributed by atoms with Gasteiger partial charge in [-0.3, -0.25) is 0 Å². The molecule has 0 aliphatic carbocycles. The van der Waals surface area contributed by atoms with E-state index in [-0.39, 0.29) is 16.7 Å². The average molecular weight is 423 g/mol. The third-order valence-electron chi connectivity index (χ3n) is 2.83. The molecule has 0 atom stereocenters. The molecule has 21 heavy (non-hydrogen) atoms. The predicted octanol–water partition coefficient (Wildman–Crippen LogP) is 5.82. The quantitative estimate of drug-likeness (QED) is 0.491. The van der Waals surface area contributed by atoms with Gasteiger partial charge in [-0.25, -0.2) is 0 Å². The summed E-state index contributed by atoms with van der Waals surface area (Å²) in [6.45, 7) is 2.62. The summed E-state index contributed by atoms with van der Waals surface area (Å²) in [5.74, 6) is 0. The first-order chi connectivity index (χ1) is 9.83. The number of anilines is 1. The van der Waals surface area contributed by atoms with Crippen molar-refractivity contribution in [2.45, 2.75) is 23.9 Å². The molecule has 0 bridgehead atoms. The van der Waals surface area contributed by atoms with Crippen molar-refractivity contribution >= 4 is 40.0 Å². The Labute approximate surface area is 139 Å². The molecular weight excluding hydrogens is 410 g/mol. The Balaban J connectivity index is 1.96. The van der Waals surface area contributed by atoms with Crippen LogP contribution in [0.2, 0.25) is 0 Å². The lowest BCUT2D eigenvalue weighted by Crippen LogP contribution is -2.01. The van der Waals surface area contributed by atoms with Gasteiger partial charge in [0.1, 0.15) is 0 Å². The SMILES string of the molecule is Cc1ccc(NCc2ccc(SC(F)(F)F)cc2)cc1I. The van der Waals surface area contributed by atoms with Gasteiger partial charge in [-0.2, -0.15) is 13.2 Å². The molecule has 1 N–H and O–H groups in total. The Hall–Kier alpha value is -0.890. The number of alkyl halides is 3. The number of nitrogens with one attached hydrogen (secondary N) is 1. The van der Waals surface area contributed by atoms with Gasteiger partial charge in [0.05, 0.1) is 0 Å². The van der Waals surface area contributed by atoms with Crippen LogP contribution in [0.5, 0.6) is 0 Å². The van der Waals surface area contributed by atoms with Crippen LogP contribution in [-0.2, 0) is 6.54 Å². The summed E-state index contributed by atoms with van der Waals surface area (Å²) < 4.78 is 37.9. The fourth-order valence-electron chi connectivity index (χ4n) is 1.72. The summed E-state index contributed by atoms with van der Waals surface area (Å²) in [5, 5.41) is 3.26. The minimum Gasteiger partial charge on any atom is -0.381 e. The molecule has 112 valence electrons. The highest BCUT2D eigenvalue weighted by molar-refractivity contribution is 14.1. The molecule has 0 saturated heterocycles. The number of halogens is 4. The maximum absolute atomic E-state index is 12.2. The predicted molar refractivity (Wildman–Crippen MR) is 89.6 cm³/mol. The van der Waals surface area contributed by atoms with Crippen molar-refractivity contribution in [2.75, 3.05) is 5.32 Å². The van der Waals surface area contributed by atoms with Crippen molar-refractivity contribution in [2.24, 2.45) is 0 Å². The molecule has 0 saturated carbocycles. The third-order valence-corrected chi connectivity index (χ3v) is 4.73. The highest BCUT2D eigenvalue weighted by atomic mass is 127. The van der Waals surface area contributed by atoms with Gasteiger partial charge >= 0.3 is 5.51 Å². The van der Waals surface area contributed by atoms with Crippen molar-refractivity contribution in [1.82, 2.24) is 0 Å². The van der Waals surface area contributed by atoms with Crippen molar-refractivity contribution in [3.8, 4) is 0 Å². The van der Waals surface area contributed by atoms with Crippen molar-refractivity contribution < 1.29 is 13.2 Å². The van der Waals surface area contributed by atoms with Crippen LogP contribution in [0, 0.1) is 10.5 Å². The van der Waals surface area contributed by atoms with Gasteiger partial charge in [-0.1, -0.05) is 18.2 Å². The summed E-state index contributed by atoms with van der Waals surface area (Å²) >= 11 is 2.18. The van der Waals surface area contributed by atoms with Crippen LogP contribution in [0.1, 0.15) is 11.1 Å². The van der Waals surface area contributed by atoms with Crippen LogP contribution in [0.3, 0.4) is 0 Å². The van der Waals surface area contributed by atoms with Gasteiger partial charge in [0.15, 0.2) is 0 Å². The van der Waals surface area contributed by atoms with Crippen LogP contribution in [0.4, 0.5) is 18.9 Å². The molecule has 6 heteroatoms. The van der Waals surface area contributed by atoms with Gasteiger partial charge in [0, 0.05) is 20.7 Å². The summed E-state index contributed by atoms with van der Waals surface area (Å²) in [4.78, 5) is 0.205. The number of hydrogen-bond acceptors (Lipinski definition) is 2. The molecule has 2 aromatic carbocycles. The van der Waals surface area contributed by atoms with E-state index in [4.69, 9.17) is 0 Å². The second-order valence-electron chi connectivity index (χ2n) is 4.51. The van der Waals surface area contributed by atoms with Crippen LogP contribution in [0.25, 0.3) is 0 Å². The number of rotatable bonds is 4. The van der Waals surface area contributed by atoms with Gasteiger partial charge in [0.2, 0.25) is 0 Å². The molecule has 2 aromatic rings. The van der Waals surface area contributed by atoms with E-state index in [1.165, 1.54) is 21.3 Å². The standard InChI is InChI=1S/C15H13F3INS/c1-10-2-5-12(8-14(10)19)20-9-11-3-6-13(7-4-11)21-15(16,17)18/h2-8,20H,9H2,1H3. The van der Waals surface area contributed by atoms with Crippen LogP contribution in [0.15, 0.2) is 47.4 Å². The zero-order valence-corrected chi connectivity index (χ0v) is 14.1. The molecule has 1 nitrogen and oxygen atoms in total. The highest BCUT2D eigenvalue weighted by Gasteiger charge is 2.28. The second kappa shape index (κ2) is 6.91. The van der Waals surface area contributed by atoms with Gasteiger partial charge in [-0.05, 0) is 76.7 Å². The van der Waals surface area contributed by atoms with Crippen molar-refractivity contribution in [3.63, 3.8) is 0 Å². The molecule has 0 aromatic heterocycles. The molecule has 0 heterocycles. The first-order valence-corrected chi connectivity index (χ1v) is 8.08. The van der Waals surface area contributed by atoms with E-state index in [0.717, 1.165) is 11.3 Å². The fourth-order valence-corrected chi connectivity index (χ4v) is 2.77. The highest BCUT2D eigenvalue weighted by Crippen LogP contribution is 2.36. The van der Waals surface area contributed by atoms with E-state index < -0.39 is 5.51 Å². The zero-order chi connectivity index (χ0) is 15.5. The molecule has 2 rings (SSSR count). The van der Waals surface area contributed by atoms with Gasteiger partial charge < -0.3 is 5.32 Å². The lowest BCUT2D eigenvalue weighted by molar-refractivity contribution is -0.0328. The minimum absolute atomic E-state index is 0.0939. The van der Waals surface area contributed by atoms with E-state index in [2.05, 4.69) is 27.9 Å². The fraction of sp³-hybridized carbons (Fsp3) is 0.200. The molecule has 0 unspecified atom stereocenters. The van der Waals surface area contributed by atoms with E-state index >= 15 is 0 Å². The Morgan fingerprint density at radius 2 is 1.76 bits per heavy atom. The lowest BCUT2D eigenvalue weighted by atomic mass is 10.2. The van der Waals surface area contributed by atoms with E-state index in [9.17, 15) is 13.2 Å². The average Bonchev–Trinajstić information content (AvgIpc) is 2.40. The summed E-state index contributed by atoms with van der Waals surface area (Å²) in [5.41, 5.74) is -1.08. The van der Waals surface area contributed by atoms with Gasteiger partial charge in [-0.15, -0.1) is 0 Å². The maximum atomic E-state index is 12.2. The Kier molecular flexibility index (Phi) is 5.43. The van der Waals surface area contributed by atoms with Gasteiger partial charge in [0.25, 0.3) is 0 Å². The molecule has 0 amide bonds. The van der Waals surface area contributed by atoms with E-state index in [0.29, 0.717) is 6.54 Å². The number of benzene rings is 2. The normalized spacial score (nSPS) is 11.5. The Morgan fingerprint density at radius 1 is 1.10 bits per heavy atom. The Bertz CT molecular complexity index is 611. The Morgan fingerprint density at radius 3 is 2.33 bits per heavy atom. The molecule has 0 spiro atoms. The molecule has 0 aliphatic rings. The summed E-state index contributed by atoms with van der Waals surface area (Å²) in [7, 11) is 0. The topological polar surface area (TPSA) is 12.0 Å². The summed E-state index contributed by atoms with van der Waals surface area (Å²) in [6, 6.07) is 12.5. The number of hydrogen-bond donors (Lipinski definition) is 1. The van der Waals surface area contributed by atoms with Crippen molar-refractivity contribution in [3.05, 3.63) is 57.2 Å². The molecule has 0 fully saturated rings. The monoisotopic (exact) mass is 423 g/mol. The van der Waals surface area contributed by atoms with Crippen LogP contribution in [-0.4, -0.2) is 5.51 Å². The van der Waals surface area contributed by atoms with Crippen LogP contribution >= 0.6 is 34.4 Å². The zero-order valence-electron chi connectivity index (χ0n) is 11.2. The first-order valence-electron chi connectivity index (χ1n) is 6.18. The van der Waals surface area contributed by atoms with Crippen molar-refractivity contribution in [1.29, 1.82) is 0 Å². The first kappa shape index (κ1) is 16.5. The van der Waals surface area contributed by atoms with Crippen LogP contribution < -0.4 is 5.32 Å². The number of thioether (sulfide) groups is 1. The maximum Gasteiger partial charge on any atom is 0.446 e. The molecule has 0 radical (unpaired) electrons. The summed E-state index contributed by atoms with van der Waals surface area (Å²) in [6.07, 6.45) is 0. The lowest BCUT2D eigenvalue weighted by Gasteiger charge is -2.09. The van der Waals surface area contributed by atoms with E-state index in [1.54, 1.807) is 12.1 Å². The third kappa shape index (κ3) is 5.43. The molecular formula is C15H13F3INS. The molecule has 0 aliphatic heterocycles. The smallest absolute Gasteiger partial charge is 0.381 e. The number of aryl methyl sites for hydroxylation is 1.